The number of urea groups is 1. The molecular formula is C25H25N3O2. The molecule has 0 saturated carbocycles. The van der Waals surface area contributed by atoms with Crippen molar-refractivity contribution in [3.05, 3.63) is 94.5 Å². The van der Waals surface area contributed by atoms with Crippen LogP contribution in [-0.4, -0.2) is 18.5 Å². The number of amides is 3. The Morgan fingerprint density at radius 3 is 2.27 bits per heavy atom. The van der Waals surface area contributed by atoms with Crippen molar-refractivity contribution in [3.63, 3.8) is 0 Å². The molecule has 0 radical (unpaired) electrons. The second-order valence-electron chi connectivity index (χ2n) is 7.71. The molecule has 0 aromatic heterocycles. The minimum Gasteiger partial charge on any atom is -0.334 e. The van der Waals surface area contributed by atoms with Gasteiger partial charge in [0.15, 0.2) is 0 Å². The average Bonchev–Trinajstić information content (AvgIpc) is 3.17. The zero-order chi connectivity index (χ0) is 21.1. The van der Waals surface area contributed by atoms with E-state index < -0.39 is 0 Å². The highest BCUT2D eigenvalue weighted by Gasteiger charge is 2.25. The zero-order valence-electron chi connectivity index (χ0n) is 17.2. The summed E-state index contributed by atoms with van der Waals surface area (Å²) < 4.78 is 0. The van der Waals surface area contributed by atoms with Crippen molar-refractivity contribution in [2.45, 2.75) is 26.8 Å². The molecule has 0 fully saturated rings. The van der Waals surface area contributed by atoms with E-state index in [4.69, 9.17) is 0 Å². The number of rotatable bonds is 4. The normalized spacial score (nSPS) is 12.4. The maximum Gasteiger partial charge on any atom is 0.319 e. The lowest BCUT2D eigenvalue weighted by Crippen LogP contribution is -2.29. The summed E-state index contributed by atoms with van der Waals surface area (Å²) in [5.41, 5.74) is 6.75. The van der Waals surface area contributed by atoms with E-state index in [0.717, 1.165) is 40.0 Å². The van der Waals surface area contributed by atoms with Gasteiger partial charge in [0.2, 0.25) is 0 Å². The highest BCUT2D eigenvalue weighted by molar-refractivity contribution is 6.07. The molecule has 0 saturated heterocycles. The summed E-state index contributed by atoms with van der Waals surface area (Å²) in [7, 11) is 0. The number of hydrogen-bond donors (Lipinski definition) is 2. The Kier molecular flexibility index (Phi) is 5.53. The lowest BCUT2D eigenvalue weighted by molar-refractivity contribution is 0.0989. The van der Waals surface area contributed by atoms with Crippen molar-refractivity contribution in [1.29, 1.82) is 0 Å². The molecule has 152 valence electrons. The Bertz CT molecular complexity index is 1070. The molecule has 3 aromatic carbocycles. The molecule has 3 aromatic rings. The lowest BCUT2D eigenvalue weighted by atomic mass is 10.1. The summed E-state index contributed by atoms with van der Waals surface area (Å²) >= 11 is 0. The van der Waals surface area contributed by atoms with Crippen LogP contribution in [0.1, 0.15) is 32.6 Å². The number of nitrogens with zero attached hydrogens (tertiary/aromatic N) is 1. The molecule has 0 bridgehead atoms. The fourth-order valence-corrected chi connectivity index (χ4v) is 3.59. The number of aryl methyl sites for hydroxylation is 2. The van der Waals surface area contributed by atoms with E-state index in [1.165, 1.54) is 0 Å². The van der Waals surface area contributed by atoms with Gasteiger partial charge in [0.25, 0.3) is 5.91 Å². The largest absolute Gasteiger partial charge is 0.334 e. The molecular weight excluding hydrogens is 374 g/mol. The van der Waals surface area contributed by atoms with Gasteiger partial charge >= 0.3 is 6.03 Å². The van der Waals surface area contributed by atoms with Gasteiger partial charge in [-0.25, -0.2) is 4.79 Å². The number of carbonyl (C=O) groups is 2. The first kappa shape index (κ1) is 19.7. The molecule has 4 rings (SSSR count). The molecule has 0 unspecified atom stereocenters. The summed E-state index contributed by atoms with van der Waals surface area (Å²) in [6, 6.07) is 21.1. The van der Waals surface area contributed by atoms with Crippen LogP contribution < -0.4 is 15.5 Å². The first-order valence-corrected chi connectivity index (χ1v) is 10.1. The molecule has 0 spiro atoms. The van der Waals surface area contributed by atoms with E-state index in [1.54, 1.807) is 0 Å². The van der Waals surface area contributed by atoms with Gasteiger partial charge in [-0.3, -0.25) is 4.79 Å². The molecule has 0 atom stereocenters. The smallest absolute Gasteiger partial charge is 0.319 e. The highest BCUT2D eigenvalue weighted by atomic mass is 16.2. The molecule has 3 amide bonds. The summed E-state index contributed by atoms with van der Waals surface area (Å²) in [5.74, 6) is 0.0102. The van der Waals surface area contributed by atoms with Crippen molar-refractivity contribution in [2.75, 3.05) is 16.8 Å². The van der Waals surface area contributed by atoms with Gasteiger partial charge in [0.1, 0.15) is 0 Å². The Morgan fingerprint density at radius 1 is 0.900 bits per heavy atom. The summed E-state index contributed by atoms with van der Waals surface area (Å²) in [6.45, 7) is 5.07. The number of fused-ring (bicyclic) bond motifs is 1. The van der Waals surface area contributed by atoms with Gasteiger partial charge in [-0.05, 0) is 61.7 Å². The van der Waals surface area contributed by atoms with E-state index in [2.05, 4.69) is 10.6 Å². The van der Waals surface area contributed by atoms with E-state index >= 15 is 0 Å². The topological polar surface area (TPSA) is 61.4 Å². The zero-order valence-corrected chi connectivity index (χ0v) is 17.2. The number of anilines is 2. The van der Waals surface area contributed by atoms with E-state index in [9.17, 15) is 9.59 Å². The second kappa shape index (κ2) is 8.41. The molecule has 1 heterocycles. The van der Waals surface area contributed by atoms with E-state index in [-0.39, 0.29) is 11.9 Å². The van der Waals surface area contributed by atoms with Crippen LogP contribution in [0.3, 0.4) is 0 Å². The van der Waals surface area contributed by atoms with Crippen LogP contribution in [0.25, 0.3) is 0 Å². The maximum atomic E-state index is 13.0. The average molecular weight is 399 g/mol. The minimum absolute atomic E-state index is 0.0102. The number of carbonyl (C=O) groups excluding carboxylic acids is 2. The maximum absolute atomic E-state index is 13.0. The Hall–Kier alpha value is -3.60. The molecule has 1 aliphatic rings. The predicted octanol–water partition coefficient (Wildman–Crippen LogP) is 4.83. The van der Waals surface area contributed by atoms with Crippen molar-refractivity contribution >= 4 is 23.3 Å². The third kappa shape index (κ3) is 4.35. The van der Waals surface area contributed by atoms with Gasteiger partial charge in [-0.1, -0.05) is 47.5 Å². The lowest BCUT2D eigenvalue weighted by Gasteiger charge is -2.18. The third-order valence-electron chi connectivity index (χ3n) is 5.35. The highest BCUT2D eigenvalue weighted by Crippen LogP contribution is 2.30. The Balaban J connectivity index is 1.42. The fraction of sp³-hybridized carbons (Fsp3) is 0.200. The van der Waals surface area contributed by atoms with Gasteiger partial charge in [-0.2, -0.15) is 0 Å². The van der Waals surface area contributed by atoms with E-state index in [0.29, 0.717) is 18.7 Å². The molecule has 30 heavy (non-hydrogen) atoms. The van der Waals surface area contributed by atoms with Gasteiger partial charge < -0.3 is 15.5 Å². The number of nitrogens with one attached hydrogen (secondary N) is 2. The summed E-state index contributed by atoms with van der Waals surface area (Å²) in [5, 5.41) is 5.71. The third-order valence-corrected chi connectivity index (χ3v) is 5.35. The molecule has 1 aliphatic heterocycles. The van der Waals surface area contributed by atoms with Gasteiger partial charge in [-0.15, -0.1) is 0 Å². The van der Waals surface area contributed by atoms with Crippen molar-refractivity contribution < 1.29 is 9.59 Å². The first-order chi connectivity index (χ1) is 14.5. The second-order valence-corrected chi connectivity index (χ2v) is 7.71. The standard InChI is InChI=1S/C25H25N3O2/c1-17-3-8-21(9-4-17)24(29)28-14-13-20-10-7-19(15-23(20)28)16-26-25(30)27-22-11-5-18(2)6-12-22/h3-12,15H,13-14,16H2,1-2H3,(H2,26,27,30). The molecule has 5 heteroatoms. The SMILES string of the molecule is Cc1ccc(NC(=O)NCc2ccc3c(c2)N(C(=O)c2ccc(C)cc2)CC3)cc1. The van der Waals surface area contributed by atoms with Crippen molar-refractivity contribution in [3.8, 4) is 0 Å². The Labute approximate surface area is 176 Å². The van der Waals surface area contributed by atoms with Gasteiger partial charge in [0, 0.05) is 30.0 Å². The van der Waals surface area contributed by atoms with Crippen LogP contribution in [0.4, 0.5) is 16.2 Å². The number of hydrogen-bond acceptors (Lipinski definition) is 2. The van der Waals surface area contributed by atoms with Crippen LogP contribution in [0.5, 0.6) is 0 Å². The quantitative estimate of drug-likeness (QED) is 0.660. The molecule has 5 nitrogen and oxygen atoms in total. The Morgan fingerprint density at radius 2 is 1.57 bits per heavy atom. The summed E-state index contributed by atoms with van der Waals surface area (Å²) in [4.78, 5) is 27.0. The molecule has 2 N–H and O–H groups in total. The summed E-state index contributed by atoms with van der Waals surface area (Å²) in [6.07, 6.45) is 0.842. The van der Waals surface area contributed by atoms with Crippen LogP contribution in [-0.2, 0) is 13.0 Å². The molecule has 0 aliphatic carbocycles. The van der Waals surface area contributed by atoms with Gasteiger partial charge in [0.05, 0.1) is 0 Å². The van der Waals surface area contributed by atoms with Crippen molar-refractivity contribution in [2.24, 2.45) is 0 Å². The van der Waals surface area contributed by atoms with E-state index in [1.807, 2.05) is 85.5 Å². The van der Waals surface area contributed by atoms with Crippen LogP contribution in [0, 0.1) is 13.8 Å². The monoisotopic (exact) mass is 399 g/mol. The van der Waals surface area contributed by atoms with Crippen LogP contribution in [0.15, 0.2) is 66.7 Å². The van der Waals surface area contributed by atoms with Crippen LogP contribution >= 0.6 is 0 Å². The fourth-order valence-electron chi connectivity index (χ4n) is 3.59. The first-order valence-electron chi connectivity index (χ1n) is 10.1. The number of benzene rings is 3. The minimum atomic E-state index is -0.257. The van der Waals surface area contributed by atoms with Crippen LogP contribution in [0.2, 0.25) is 0 Å². The predicted molar refractivity (Wildman–Crippen MR) is 120 cm³/mol. The van der Waals surface area contributed by atoms with Crippen molar-refractivity contribution in [1.82, 2.24) is 5.32 Å².